The summed E-state index contributed by atoms with van der Waals surface area (Å²) in [5.74, 6) is -0.656. The second-order valence-electron chi connectivity index (χ2n) is 6.23. The van der Waals surface area contributed by atoms with Gasteiger partial charge in [-0.2, -0.15) is 0 Å². The van der Waals surface area contributed by atoms with Gasteiger partial charge in [0.05, 0.1) is 23.5 Å². The molecule has 1 atom stereocenters. The molecule has 0 saturated heterocycles. The maximum atomic E-state index is 12.9. The third-order valence-corrected chi connectivity index (χ3v) is 4.10. The number of halogens is 1. The fraction of sp³-hybridized carbons (Fsp3) is 0.263. The van der Waals surface area contributed by atoms with Gasteiger partial charge in [0.15, 0.2) is 0 Å². The maximum Gasteiger partial charge on any atom is 0.251 e. The number of nitrogens with one attached hydrogen (secondary N) is 1. The zero-order valence-electron chi connectivity index (χ0n) is 14.1. The van der Waals surface area contributed by atoms with Gasteiger partial charge in [-0.1, -0.05) is 12.1 Å². The van der Waals surface area contributed by atoms with Gasteiger partial charge in [-0.15, -0.1) is 0 Å². The minimum atomic E-state index is -0.895. The fourth-order valence-electron chi connectivity index (χ4n) is 2.68. The summed E-state index contributed by atoms with van der Waals surface area (Å²) in [6, 6.07) is 11.2. The molecule has 0 aliphatic heterocycles. The molecule has 3 rings (SSSR count). The van der Waals surface area contributed by atoms with Crippen LogP contribution in [0.25, 0.3) is 11.0 Å². The number of aliphatic hydroxyl groups excluding tert-OH is 1. The molecule has 1 heterocycles. The number of amides is 1. The molecule has 1 amide bonds. The summed E-state index contributed by atoms with van der Waals surface area (Å²) in [6.45, 7) is 4.18. The average Bonchev–Trinajstić information content (AvgIpc) is 3.03. The van der Waals surface area contributed by atoms with Gasteiger partial charge in [-0.25, -0.2) is 9.37 Å². The molecule has 0 saturated carbocycles. The number of benzene rings is 2. The van der Waals surface area contributed by atoms with Gasteiger partial charge in [0.2, 0.25) is 0 Å². The largest absolute Gasteiger partial charge is 0.387 e. The lowest BCUT2D eigenvalue weighted by Gasteiger charge is -2.12. The van der Waals surface area contributed by atoms with E-state index in [1.807, 2.05) is 10.6 Å². The highest BCUT2D eigenvalue weighted by molar-refractivity contribution is 5.97. The van der Waals surface area contributed by atoms with E-state index in [9.17, 15) is 14.3 Å². The summed E-state index contributed by atoms with van der Waals surface area (Å²) < 4.78 is 14.9. The van der Waals surface area contributed by atoms with Crippen molar-refractivity contribution in [1.29, 1.82) is 0 Å². The quantitative estimate of drug-likeness (QED) is 0.749. The van der Waals surface area contributed by atoms with Crippen molar-refractivity contribution in [3.63, 3.8) is 0 Å². The number of imidazole rings is 1. The Labute approximate surface area is 145 Å². The highest BCUT2D eigenvalue weighted by atomic mass is 19.1. The van der Waals surface area contributed by atoms with Gasteiger partial charge >= 0.3 is 0 Å². The van der Waals surface area contributed by atoms with Gasteiger partial charge in [0, 0.05) is 18.2 Å². The zero-order valence-corrected chi connectivity index (χ0v) is 14.1. The number of nitrogens with zero attached hydrogens (tertiary/aromatic N) is 2. The molecular formula is C19H20FN3O2. The number of rotatable bonds is 5. The van der Waals surface area contributed by atoms with Crippen molar-refractivity contribution in [1.82, 2.24) is 14.9 Å². The van der Waals surface area contributed by atoms with Crippen LogP contribution in [-0.2, 0) is 0 Å². The first-order chi connectivity index (χ1) is 12.0. The highest BCUT2D eigenvalue weighted by Gasteiger charge is 2.13. The van der Waals surface area contributed by atoms with Crippen LogP contribution in [0.15, 0.2) is 48.8 Å². The Bertz CT molecular complexity index is 887. The van der Waals surface area contributed by atoms with E-state index in [1.54, 1.807) is 18.5 Å². The third-order valence-electron chi connectivity index (χ3n) is 4.10. The first-order valence-corrected chi connectivity index (χ1v) is 8.14. The van der Waals surface area contributed by atoms with Crippen LogP contribution in [0.1, 0.15) is 41.9 Å². The number of hydrogen-bond acceptors (Lipinski definition) is 3. The second kappa shape index (κ2) is 7.03. The lowest BCUT2D eigenvalue weighted by molar-refractivity contribution is 0.0916. The van der Waals surface area contributed by atoms with E-state index in [4.69, 9.17) is 0 Å². The van der Waals surface area contributed by atoms with E-state index in [1.165, 1.54) is 24.3 Å². The third kappa shape index (κ3) is 3.69. The minimum absolute atomic E-state index is 0.0446. The molecule has 0 radical (unpaired) electrons. The Morgan fingerprint density at radius 2 is 1.96 bits per heavy atom. The van der Waals surface area contributed by atoms with Gasteiger partial charge in [-0.3, -0.25) is 4.79 Å². The van der Waals surface area contributed by atoms with Gasteiger partial charge in [0.25, 0.3) is 5.91 Å². The van der Waals surface area contributed by atoms with Crippen molar-refractivity contribution in [3.8, 4) is 0 Å². The molecule has 1 aromatic heterocycles. The summed E-state index contributed by atoms with van der Waals surface area (Å²) >= 11 is 0. The minimum Gasteiger partial charge on any atom is -0.387 e. The Hall–Kier alpha value is -2.73. The molecule has 0 spiro atoms. The van der Waals surface area contributed by atoms with Gasteiger partial charge in [-0.05, 0) is 49.7 Å². The van der Waals surface area contributed by atoms with E-state index in [2.05, 4.69) is 24.1 Å². The number of carbonyl (C=O) groups excluding carboxylic acids is 1. The lowest BCUT2D eigenvalue weighted by Crippen LogP contribution is -2.28. The predicted octanol–water partition coefficient (Wildman–Crippen LogP) is 3.22. The molecule has 1 unspecified atom stereocenters. The second-order valence-corrected chi connectivity index (χ2v) is 6.23. The number of fused-ring (bicyclic) bond motifs is 1. The maximum absolute atomic E-state index is 12.9. The van der Waals surface area contributed by atoms with Gasteiger partial charge in [0.1, 0.15) is 5.82 Å². The van der Waals surface area contributed by atoms with Crippen molar-refractivity contribution >= 4 is 16.9 Å². The smallest absolute Gasteiger partial charge is 0.251 e. The number of carbonyl (C=O) groups is 1. The van der Waals surface area contributed by atoms with Crippen LogP contribution in [0, 0.1) is 5.82 Å². The topological polar surface area (TPSA) is 67.2 Å². The molecule has 130 valence electrons. The standard InChI is InChI=1S/C19H20FN3O2/c1-12(2)23-11-22-16-9-14(5-8-17(16)23)19(25)21-10-18(24)13-3-6-15(20)7-4-13/h3-9,11-12,18,24H,10H2,1-2H3,(H,21,25). The molecule has 0 aliphatic carbocycles. The van der Waals surface area contributed by atoms with Crippen molar-refractivity contribution < 1.29 is 14.3 Å². The first-order valence-electron chi connectivity index (χ1n) is 8.14. The van der Waals surface area contributed by atoms with E-state index in [0.717, 1.165) is 11.0 Å². The molecule has 2 N–H and O–H groups in total. The molecule has 0 fully saturated rings. The molecule has 0 bridgehead atoms. The Kier molecular flexibility index (Phi) is 4.81. The molecule has 5 nitrogen and oxygen atoms in total. The normalized spacial score (nSPS) is 12.5. The zero-order chi connectivity index (χ0) is 18.0. The molecular weight excluding hydrogens is 321 g/mol. The van der Waals surface area contributed by atoms with Crippen LogP contribution < -0.4 is 5.32 Å². The van der Waals surface area contributed by atoms with Crippen LogP contribution in [0.5, 0.6) is 0 Å². The first kappa shape index (κ1) is 17.1. The predicted molar refractivity (Wildman–Crippen MR) is 93.8 cm³/mol. The fourth-order valence-corrected chi connectivity index (χ4v) is 2.68. The van der Waals surface area contributed by atoms with Crippen LogP contribution in [0.2, 0.25) is 0 Å². The van der Waals surface area contributed by atoms with E-state index >= 15 is 0 Å². The van der Waals surface area contributed by atoms with E-state index in [0.29, 0.717) is 11.1 Å². The van der Waals surface area contributed by atoms with Gasteiger partial charge < -0.3 is 15.0 Å². The summed E-state index contributed by atoms with van der Waals surface area (Å²) in [5.41, 5.74) is 2.75. The van der Waals surface area contributed by atoms with Crippen molar-refractivity contribution in [2.45, 2.75) is 26.0 Å². The monoisotopic (exact) mass is 341 g/mol. The van der Waals surface area contributed by atoms with Crippen LogP contribution in [0.3, 0.4) is 0 Å². The SMILES string of the molecule is CC(C)n1cnc2cc(C(=O)NCC(O)c3ccc(F)cc3)ccc21. The molecule has 2 aromatic carbocycles. The molecule has 0 aliphatic rings. The highest BCUT2D eigenvalue weighted by Crippen LogP contribution is 2.19. The summed E-state index contributed by atoms with van der Waals surface area (Å²) in [7, 11) is 0. The Morgan fingerprint density at radius 3 is 2.64 bits per heavy atom. The summed E-state index contributed by atoms with van der Waals surface area (Å²) in [4.78, 5) is 16.6. The molecule has 3 aromatic rings. The number of aromatic nitrogens is 2. The summed E-state index contributed by atoms with van der Waals surface area (Å²) in [5, 5.41) is 12.8. The summed E-state index contributed by atoms with van der Waals surface area (Å²) in [6.07, 6.45) is 0.864. The van der Waals surface area contributed by atoms with Crippen molar-refractivity contribution in [2.24, 2.45) is 0 Å². The Morgan fingerprint density at radius 1 is 1.24 bits per heavy atom. The van der Waals surface area contributed by atoms with Crippen LogP contribution in [0.4, 0.5) is 4.39 Å². The van der Waals surface area contributed by atoms with Crippen LogP contribution in [-0.4, -0.2) is 27.1 Å². The lowest BCUT2D eigenvalue weighted by atomic mass is 10.1. The molecule has 25 heavy (non-hydrogen) atoms. The number of hydrogen-bond donors (Lipinski definition) is 2. The Balaban J connectivity index is 1.68. The van der Waals surface area contributed by atoms with E-state index in [-0.39, 0.29) is 24.3 Å². The van der Waals surface area contributed by atoms with Crippen molar-refractivity contribution in [2.75, 3.05) is 6.54 Å². The van der Waals surface area contributed by atoms with Crippen LogP contribution >= 0.6 is 0 Å². The van der Waals surface area contributed by atoms with Crippen molar-refractivity contribution in [3.05, 3.63) is 65.7 Å². The van der Waals surface area contributed by atoms with E-state index < -0.39 is 6.10 Å². The average molecular weight is 341 g/mol. The molecule has 6 heteroatoms. The number of aliphatic hydroxyl groups is 1.